The first-order chi connectivity index (χ1) is 8.75. The minimum atomic E-state index is -1.50. The fraction of sp³-hybridized carbons (Fsp3) is 0.462. The minimum Gasteiger partial charge on any atom is -0.356 e. The van der Waals surface area contributed by atoms with Gasteiger partial charge in [0, 0.05) is 6.07 Å². The molecule has 0 spiro atoms. The highest BCUT2D eigenvalue weighted by atomic mass is 19.1. The van der Waals surface area contributed by atoms with E-state index in [1.807, 2.05) is 0 Å². The van der Waals surface area contributed by atoms with E-state index >= 15 is 0 Å². The Morgan fingerprint density at radius 2 is 2.05 bits per heavy atom. The van der Waals surface area contributed by atoms with Gasteiger partial charge in [-0.25, -0.2) is 8.78 Å². The van der Waals surface area contributed by atoms with E-state index in [-0.39, 0.29) is 5.56 Å². The van der Waals surface area contributed by atoms with Crippen LogP contribution in [-0.2, 0) is 0 Å². The van der Waals surface area contributed by atoms with E-state index < -0.39 is 28.9 Å². The van der Waals surface area contributed by atoms with Gasteiger partial charge in [-0.15, -0.1) is 0 Å². The summed E-state index contributed by atoms with van der Waals surface area (Å²) in [6.07, 6.45) is 0. The molecule has 1 atom stereocenters. The summed E-state index contributed by atoms with van der Waals surface area (Å²) in [5, 5.41) is 13.1. The summed E-state index contributed by atoms with van der Waals surface area (Å²) in [7, 11) is 0. The molecule has 1 fully saturated rings. The molecule has 1 aromatic rings. The molecule has 0 aromatic heterocycles. The van der Waals surface area contributed by atoms with Gasteiger partial charge in [0.25, 0.3) is 5.91 Å². The molecule has 1 heterocycles. The number of amides is 1. The second kappa shape index (κ2) is 4.25. The molecule has 4 nitrogen and oxygen atoms in total. The van der Waals surface area contributed by atoms with E-state index in [4.69, 9.17) is 0 Å². The Balaban J connectivity index is 2.31. The van der Waals surface area contributed by atoms with Gasteiger partial charge < -0.3 is 5.11 Å². The van der Waals surface area contributed by atoms with E-state index in [2.05, 4.69) is 5.32 Å². The molecule has 19 heavy (non-hydrogen) atoms. The zero-order valence-electron chi connectivity index (χ0n) is 11.0. The maximum atomic E-state index is 13.6. The first-order valence-electron chi connectivity index (χ1n) is 6.03. The number of benzene rings is 1. The third kappa shape index (κ3) is 1.91. The Labute approximate surface area is 110 Å². The van der Waals surface area contributed by atoms with Gasteiger partial charge in [-0.1, -0.05) is 6.92 Å². The van der Waals surface area contributed by atoms with Gasteiger partial charge in [0.1, 0.15) is 17.2 Å². The summed E-state index contributed by atoms with van der Waals surface area (Å²) in [5.74, 6) is -3.86. The number of aliphatic hydroxyl groups is 1. The Kier molecular flexibility index (Phi) is 3.10. The summed E-state index contributed by atoms with van der Waals surface area (Å²) in [4.78, 5) is 13.3. The number of hydrogen-bond donors (Lipinski definition) is 2. The van der Waals surface area contributed by atoms with Gasteiger partial charge in [0.15, 0.2) is 0 Å². The van der Waals surface area contributed by atoms with Crippen LogP contribution in [0.5, 0.6) is 0 Å². The zero-order chi connectivity index (χ0) is 14.4. The van der Waals surface area contributed by atoms with E-state index in [0.717, 1.165) is 17.0 Å². The maximum absolute atomic E-state index is 13.6. The Hall–Kier alpha value is -1.53. The molecular weight excluding hydrogens is 254 g/mol. The summed E-state index contributed by atoms with van der Waals surface area (Å²) in [5.41, 5.74) is -1.11. The maximum Gasteiger partial charge on any atom is 0.260 e. The molecule has 0 saturated carbocycles. The number of hydrogen-bond acceptors (Lipinski definition) is 3. The average Bonchev–Trinajstić information content (AvgIpc) is 2.71. The molecule has 6 heteroatoms. The molecule has 0 radical (unpaired) electrons. The molecule has 1 unspecified atom stereocenters. The van der Waals surface area contributed by atoms with Crippen molar-refractivity contribution in [3.8, 4) is 0 Å². The lowest BCUT2D eigenvalue weighted by Crippen LogP contribution is -2.40. The van der Waals surface area contributed by atoms with Gasteiger partial charge in [0.05, 0.1) is 5.56 Å². The molecule has 2 rings (SSSR count). The summed E-state index contributed by atoms with van der Waals surface area (Å²) in [6.45, 7) is 5.56. The van der Waals surface area contributed by atoms with Crippen LogP contribution < -0.4 is 5.32 Å². The number of rotatable bonds is 3. The highest BCUT2D eigenvalue weighted by Crippen LogP contribution is 2.48. The van der Waals surface area contributed by atoms with Crippen molar-refractivity contribution in [1.29, 1.82) is 0 Å². The van der Waals surface area contributed by atoms with Gasteiger partial charge >= 0.3 is 0 Å². The largest absolute Gasteiger partial charge is 0.356 e. The topological polar surface area (TPSA) is 52.3 Å². The standard InChI is InChI=1S/C13H16F2N2O2/c1-4-16-13(19)12(2,3)17(13)11(18)9-6-5-8(14)7-10(9)15/h5-7,16,19H,4H2,1-3H3. The van der Waals surface area contributed by atoms with Gasteiger partial charge in [0.2, 0.25) is 5.85 Å². The molecule has 104 valence electrons. The minimum absolute atomic E-state index is 0.261. The predicted molar refractivity (Wildman–Crippen MR) is 65.2 cm³/mol. The normalized spacial score (nSPS) is 24.4. The van der Waals surface area contributed by atoms with Crippen molar-refractivity contribution >= 4 is 5.91 Å². The van der Waals surface area contributed by atoms with Crippen molar-refractivity contribution < 1.29 is 18.7 Å². The van der Waals surface area contributed by atoms with Gasteiger partial charge in [-0.05, 0) is 32.5 Å². The predicted octanol–water partition coefficient (Wildman–Crippen LogP) is 1.45. The van der Waals surface area contributed by atoms with Crippen molar-refractivity contribution in [2.75, 3.05) is 6.54 Å². The summed E-state index contributed by atoms with van der Waals surface area (Å²) >= 11 is 0. The number of likely N-dealkylation sites (N-methyl/N-ethyl adjacent to an activating group) is 1. The first kappa shape index (κ1) is 13.9. The van der Waals surface area contributed by atoms with Crippen LogP contribution in [0.3, 0.4) is 0 Å². The van der Waals surface area contributed by atoms with Crippen LogP contribution in [0, 0.1) is 11.6 Å². The Bertz CT molecular complexity index is 533. The molecule has 0 bridgehead atoms. The quantitative estimate of drug-likeness (QED) is 0.646. The molecule has 1 aliphatic rings. The highest BCUT2D eigenvalue weighted by molar-refractivity contribution is 5.97. The summed E-state index contributed by atoms with van der Waals surface area (Å²) in [6, 6.07) is 2.74. The van der Waals surface area contributed by atoms with E-state index in [0.29, 0.717) is 12.6 Å². The van der Waals surface area contributed by atoms with Crippen LogP contribution in [0.2, 0.25) is 0 Å². The monoisotopic (exact) mass is 270 g/mol. The SMILES string of the molecule is CCNC1(O)N(C(=O)c2ccc(F)cc2F)C1(C)C. The molecule has 1 aliphatic heterocycles. The zero-order valence-corrected chi connectivity index (χ0v) is 11.0. The fourth-order valence-electron chi connectivity index (χ4n) is 2.29. The number of halogens is 2. The lowest BCUT2D eigenvalue weighted by atomic mass is 10.1. The third-order valence-electron chi connectivity index (χ3n) is 3.47. The average molecular weight is 270 g/mol. The van der Waals surface area contributed by atoms with Crippen LogP contribution in [-0.4, -0.2) is 33.8 Å². The Morgan fingerprint density at radius 1 is 1.42 bits per heavy atom. The van der Waals surface area contributed by atoms with Crippen LogP contribution in [0.25, 0.3) is 0 Å². The van der Waals surface area contributed by atoms with E-state index in [1.165, 1.54) is 0 Å². The van der Waals surface area contributed by atoms with Gasteiger partial charge in [-0.3, -0.25) is 15.0 Å². The van der Waals surface area contributed by atoms with E-state index in [1.54, 1.807) is 20.8 Å². The second-order valence-corrected chi connectivity index (χ2v) is 5.03. The van der Waals surface area contributed by atoms with Crippen molar-refractivity contribution in [1.82, 2.24) is 10.2 Å². The van der Waals surface area contributed by atoms with Crippen LogP contribution in [0.4, 0.5) is 8.78 Å². The molecule has 2 N–H and O–H groups in total. The van der Waals surface area contributed by atoms with Crippen molar-refractivity contribution in [3.63, 3.8) is 0 Å². The fourth-order valence-corrected chi connectivity index (χ4v) is 2.29. The number of nitrogens with one attached hydrogen (secondary N) is 1. The molecule has 1 saturated heterocycles. The second-order valence-electron chi connectivity index (χ2n) is 5.03. The highest BCUT2D eigenvalue weighted by Gasteiger charge is 2.71. The van der Waals surface area contributed by atoms with Crippen LogP contribution in [0.1, 0.15) is 31.1 Å². The lowest BCUT2D eigenvalue weighted by Gasteiger charge is -2.11. The van der Waals surface area contributed by atoms with E-state index in [9.17, 15) is 18.7 Å². The first-order valence-corrected chi connectivity index (χ1v) is 6.03. The Morgan fingerprint density at radius 3 is 2.58 bits per heavy atom. The van der Waals surface area contributed by atoms with Crippen LogP contribution >= 0.6 is 0 Å². The number of nitrogens with zero attached hydrogens (tertiary/aromatic N) is 1. The van der Waals surface area contributed by atoms with Crippen molar-refractivity contribution in [2.45, 2.75) is 32.2 Å². The lowest BCUT2D eigenvalue weighted by molar-refractivity contribution is 0.0406. The van der Waals surface area contributed by atoms with Crippen molar-refractivity contribution in [2.24, 2.45) is 0 Å². The molecule has 1 amide bonds. The van der Waals surface area contributed by atoms with Crippen LogP contribution in [0.15, 0.2) is 18.2 Å². The molecular formula is C13H16F2N2O2. The molecule has 0 aliphatic carbocycles. The van der Waals surface area contributed by atoms with Gasteiger partial charge in [-0.2, -0.15) is 0 Å². The molecule has 1 aromatic carbocycles. The summed E-state index contributed by atoms with van der Waals surface area (Å²) < 4.78 is 26.4. The number of carbonyl (C=O) groups excluding carboxylic acids is 1. The number of carbonyl (C=O) groups is 1. The van der Waals surface area contributed by atoms with Crippen molar-refractivity contribution in [3.05, 3.63) is 35.4 Å². The third-order valence-corrected chi connectivity index (χ3v) is 3.47. The smallest absolute Gasteiger partial charge is 0.260 e.